The highest BCUT2D eigenvalue weighted by Crippen LogP contribution is 2.78. The zero-order valence-electron chi connectivity index (χ0n) is 17.8. The predicted molar refractivity (Wildman–Crippen MR) is 106 cm³/mol. The standard InChI is InChI=1S/C24H40O/c1-20(2)12-13-23(5)19-9-8-17-16-18(25-7)10-11-21(17,3)22(19,4)14-15-24(20,23)6/h8,18-19H,9-16H2,1-7H3/t18-,19?,21-,22-,23-,24+/m0/s1. The molecule has 4 rings (SSSR count). The maximum absolute atomic E-state index is 5.75. The molecule has 0 bridgehead atoms. The molecule has 1 nitrogen and oxygen atoms in total. The van der Waals surface area contributed by atoms with Gasteiger partial charge in [0, 0.05) is 7.11 Å². The first kappa shape index (κ1) is 18.1. The lowest BCUT2D eigenvalue weighted by molar-refractivity contribution is -0.172. The first-order chi connectivity index (χ1) is 11.5. The average molecular weight is 345 g/mol. The topological polar surface area (TPSA) is 9.23 Å². The Balaban J connectivity index is 1.78. The van der Waals surface area contributed by atoms with Crippen molar-refractivity contribution < 1.29 is 4.74 Å². The van der Waals surface area contributed by atoms with Crippen molar-refractivity contribution in [1.29, 1.82) is 0 Å². The van der Waals surface area contributed by atoms with Crippen LogP contribution in [0.2, 0.25) is 0 Å². The molecule has 25 heavy (non-hydrogen) atoms. The third-order valence-corrected chi connectivity index (χ3v) is 11.0. The fourth-order valence-corrected chi connectivity index (χ4v) is 8.25. The van der Waals surface area contributed by atoms with Crippen LogP contribution in [0.15, 0.2) is 11.6 Å². The third-order valence-electron chi connectivity index (χ3n) is 11.0. The second-order valence-corrected chi connectivity index (χ2v) is 11.5. The monoisotopic (exact) mass is 344 g/mol. The van der Waals surface area contributed by atoms with Crippen molar-refractivity contribution in [2.75, 3.05) is 7.11 Å². The molecule has 3 saturated carbocycles. The normalized spacial score (nSPS) is 54.3. The van der Waals surface area contributed by atoms with E-state index in [1.165, 1.54) is 51.4 Å². The minimum Gasteiger partial charge on any atom is -0.381 e. The summed E-state index contributed by atoms with van der Waals surface area (Å²) in [5.74, 6) is 0.841. The third kappa shape index (κ3) is 1.95. The van der Waals surface area contributed by atoms with Crippen molar-refractivity contribution in [2.24, 2.45) is 33.0 Å². The molecule has 4 aliphatic rings. The van der Waals surface area contributed by atoms with Crippen molar-refractivity contribution in [2.45, 2.75) is 99.0 Å². The van der Waals surface area contributed by atoms with Gasteiger partial charge in [-0.2, -0.15) is 0 Å². The molecule has 142 valence electrons. The molecule has 4 aliphatic carbocycles. The molecular weight excluding hydrogens is 304 g/mol. The Labute approximate surface area is 156 Å². The van der Waals surface area contributed by atoms with E-state index in [2.05, 4.69) is 47.6 Å². The molecule has 0 aliphatic heterocycles. The van der Waals surface area contributed by atoms with E-state index in [1.54, 1.807) is 5.57 Å². The van der Waals surface area contributed by atoms with Gasteiger partial charge in [-0.1, -0.05) is 53.2 Å². The Morgan fingerprint density at radius 3 is 2.24 bits per heavy atom. The Morgan fingerprint density at radius 2 is 1.56 bits per heavy atom. The van der Waals surface area contributed by atoms with Gasteiger partial charge in [0.05, 0.1) is 6.10 Å². The van der Waals surface area contributed by atoms with Gasteiger partial charge in [0.25, 0.3) is 0 Å². The second kappa shape index (κ2) is 5.15. The van der Waals surface area contributed by atoms with Gasteiger partial charge in [-0.3, -0.25) is 0 Å². The van der Waals surface area contributed by atoms with Gasteiger partial charge in [-0.05, 0) is 84.4 Å². The van der Waals surface area contributed by atoms with E-state index >= 15 is 0 Å². The number of allylic oxidation sites excluding steroid dienone is 1. The molecular formula is C24H40O. The summed E-state index contributed by atoms with van der Waals surface area (Å²) in [6, 6.07) is 0. The highest BCUT2D eigenvalue weighted by Gasteiger charge is 2.70. The Bertz CT molecular complexity index is 603. The highest BCUT2D eigenvalue weighted by atomic mass is 16.5. The number of methoxy groups -OCH3 is 1. The minimum absolute atomic E-state index is 0.391. The number of rotatable bonds is 1. The minimum atomic E-state index is 0.391. The van der Waals surface area contributed by atoms with E-state index in [1.807, 2.05) is 7.11 Å². The van der Waals surface area contributed by atoms with Crippen molar-refractivity contribution in [3.05, 3.63) is 11.6 Å². The Morgan fingerprint density at radius 1 is 0.880 bits per heavy atom. The lowest BCUT2D eigenvalue weighted by Crippen LogP contribution is -2.61. The first-order valence-electron chi connectivity index (χ1n) is 10.8. The summed E-state index contributed by atoms with van der Waals surface area (Å²) < 4.78 is 5.75. The molecule has 0 aromatic carbocycles. The summed E-state index contributed by atoms with van der Waals surface area (Å²) in [4.78, 5) is 0. The summed E-state index contributed by atoms with van der Waals surface area (Å²) in [5, 5.41) is 0. The number of fused-ring (bicyclic) bond motifs is 5. The van der Waals surface area contributed by atoms with Crippen molar-refractivity contribution >= 4 is 0 Å². The van der Waals surface area contributed by atoms with Crippen molar-refractivity contribution in [3.8, 4) is 0 Å². The number of hydrogen-bond donors (Lipinski definition) is 0. The van der Waals surface area contributed by atoms with E-state index < -0.39 is 0 Å². The maximum Gasteiger partial charge on any atom is 0.0608 e. The molecule has 0 saturated heterocycles. The van der Waals surface area contributed by atoms with Gasteiger partial charge >= 0.3 is 0 Å². The maximum atomic E-state index is 5.75. The lowest BCUT2D eigenvalue weighted by atomic mass is 9.36. The van der Waals surface area contributed by atoms with Crippen molar-refractivity contribution in [1.82, 2.24) is 0 Å². The van der Waals surface area contributed by atoms with Gasteiger partial charge in [-0.15, -0.1) is 0 Å². The van der Waals surface area contributed by atoms with Crippen LogP contribution in [-0.4, -0.2) is 13.2 Å². The predicted octanol–water partition coefficient (Wildman–Crippen LogP) is 6.77. The van der Waals surface area contributed by atoms with E-state index in [9.17, 15) is 0 Å². The SMILES string of the molecule is CO[C@H]1CC[C@@]2(C)C(=CCC3[C@]2(C)CC[C@]2(C)C(C)(C)CC[C@@]32C)C1. The number of ether oxygens (including phenoxy) is 1. The Hall–Kier alpha value is -0.300. The quantitative estimate of drug-likeness (QED) is 0.477. The van der Waals surface area contributed by atoms with Crippen LogP contribution in [0.3, 0.4) is 0 Å². The van der Waals surface area contributed by atoms with Crippen LogP contribution in [-0.2, 0) is 4.74 Å². The molecule has 6 atom stereocenters. The fraction of sp³-hybridized carbons (Fsp3) is 0.917. The molecule has 3 fully saturated rings. The molecule has 1 heteroatoms. The lowest BCUT2D eigenvalue weighted by Gasteiger charge is -2.68. The summed E-state index contributed by atoms with van der Waals surface area (Å²) in [5.41, 5.74) is 4.06. The summed E-state index contributed by atoms with van der Waals surface area (Å²) in [6.07, 6.45) is 13.8. The molecule has 0 heterocycles. The zero-order chi connectivity index (χ0) is 18.3. The average Bonchev–Trinajstić information content (AvgIpc) is 2.75. The summed E-state index contributed by atoms with van der Waals surface area (Å²) in [7, 11) is 1.90. The highest BCUT2D eigenvalue weighted by molar-refractivity contribution is 5.30. The smallest absolute Gasteiger partial charge is 0.0608 e. The largest absolute Gasteiger partial charge is 0.381 e. The van der Waals surface area contributed by atoms with E-state index in [0.29, 0.717) is 33.2 Å². The summed E-state index contributed by atoms with van der Waals surface area (Å²) in [6.45, 7) is 15.7. The van der Waals surface area contributed by atoms with Crippen LogP contribution in [0, 0.1) is 33.0 Å². The molecule has 0 aromatic heterocycles. The van der Waals surface area contributed by atoms with E-state index in [0.717, 1.165) is 5.92 Å². The fourth-order valence-electron chi connectivity index (χ4n) is 8.25. The van der Waals surface area contributed by atoms with Crippen LogP contribution in [0.25, 0.3) is 0 Å². The van der Waals surface area contributed by atoms with Crippen LogP contribution in [0.1, 0.15) is 92.9 Å². The van der Waals surface area contributed by atoms with Gasteiger partial charge in [0.15, 0.2) is 0 Å². The molecule has 0 N–H and O–H groups in total. The van der Waals surface area contributed by atoms with Gasteiger partial charge < -0.3 is 4.74 Å². The molecule has 0 amide bonds. The zero-order valence-corrected chi connectivity index (χ0v) is 17.8. The van der Waals surface area contributed by atoms with Crippen LogP contribution >= 0.6 is 0 Å². The second-order valence-electron chi connectivity index (χ2n) is 11.5. The van der Waals surface area contributed by atoms with Gasteiger partial charge in [0.1, 0.15) is 0 Å². The van der Waals surface area contributed by atoms with Crippen LogP contribution < -0.4 is 0 Å². The molecule has 0 spiro atoms. The summed E-state index contributed by atoms with van der Waals surface area (Å²) >= 11 is 0. The molecule has 1 unspecified atom stereocenters. The van der Waals surface area contributed by atoms with Crippen LogP contribution in [0.5, 0.6) is 0 Å². The van der Waals surface area contributed by atoms with E-state index in [4.69, 9.17) is 4.74 Å². The van der Waals surface area contributed by atoms with Gasteiger partial charge in [-0.25, -0.2) is 0 Å². The number of hydrogen-bond acceptors (Lipinski definition) is 1. The van der Waals surface area contributed by atoms with Crippen molar-refractivity contribution in [3.63, 3.8) is 0 Å². The van der Waals surface area contributed by atoms with Crippen LogP contribution in [0.4, 0.5) is 0 Å². The van der Waals surface area contributed by atoms with E-state index in [-0.39, 0.29) is 0 Å². The molecule has 0 aromatic rings. The first-order valence-corrected chi connectivity index (χ1v) is 10.8. The molecule has 0 radical (unpaired) electrons. The van der Waals surface area contributed by atoms with Gasteiger partial charge in [0.2, 0.25) is 0 Å². The Kier molecular flexibility index (Phi) is 3.72.